The number of ether oxygens (including phenoxy) is 2. The van der Waals surface area contributed by atoms with Crippen LogP contribution in [0.25, 0.3) is 0 Å². The van der Waals surface area contributed by atoms with Gasteiger partial charge in [-0.1, -0.05) is 29.8 Å². The lowest BCUT2D eigenvalue weighted by Gasteiger charge is -2.27. The van der Waals surface area contributed by atoms with Gasteiger partial charge in [0, 0.05) is 18.7 Å². The summed E-state index contributed by atoms with van der Waals surface area (Å²) in [4.78, 5) is 0. The van der Waals surface area contributed by atoms with Gasteiger partial charge in [-0.3, -0.25) is 0 Å². The lowest BCUT2D eigenvalue weighted by atomic mass is 10.0. The molecule has 1 saturated heterocycles. The third-order valence-electron chi connectivity index (χ3n) is 3.51. The second kappa shape index (κ2) is 6.70. The van der Waals surface area contributed by atoms with E-state index < -0.39 is 0 Å². The summed E-state index contributed by atoms with van der Waals surface area (Å²) in [7, 11) is 0. The van der Waals surface area contributed by atoms with E-state index in [9.17, 15) is 0 Å². The molecule has 1 heterocycles. The topological polar surface area (TPSA) is 30.5 Å². The number of hydrogen-bond donors (Lipinski definition) is 1. The number of nitrogens with one attached hydrogen (secondary N) is 1. The second-order valence-electron chi connectivity index (χ2n) is 6.65. The van der Waals surface area contributed by atoms with Crippen LogP contribution in [0.15, 0.2) is 24.3 Å². The summed E-state index contributed by atoms with van der Waals surface area (Å²) in [6.07, 6.45) is 1.31. The minimum absolute atomic E-state index is 0.0847. The molecule has 0 aliphatic carbocycles. The smallest absolute Gasteiger partial charge is 0.0954 e. The van der Waals surface area contributed by atoms with Crippen LogP contribution in [-0.4, -0.2) is 31.4 Å². The average molecular weight is 277 g/mol. The molecule has 1 aromatic carbocycles. The molecule has 1 aliphatic heterocycles. The van der Waals surface area contributed by atoms with Crippen LogP contribution in [0.1, 0.15) is 44.4 Å². The van der Waals surface area contributed by atoms with Gasteiger partial charge < -0.3 is 14.8 Å². The molecule has 2 atom stereocenters. The summed E-state index contributed by atoms with van der Waals surface area (Å²) < 4.78 is 11.7. The third-order valence-corrected chi connectivity index (χ3v) is 3.51. The zero-order valence-electron chi connectivity index (χ0n) is 13.1. The second-order valence-corrected chi connectivity index (χ2v) is 6.65. The molecule has 1 N–H and O–H groups in total. The normalized spacial score (nSPS) is 21.1. The molecular formula is C17H27NO2. The maximum atomic E-state index is 6.25. The monoisotopic (exact) mass is 277 g/mol. The van der Waals surface area contributed by atoms with Crippen molar-refractivity contribution in [2.45, 2.75) is 51.9 Å². The van der Waals surface area contributed by atoms with Crippen molar-refractivity contribution in [2.24, 2.45) is 0 Å². The van der Waals surface area contributed by atoms with E-state index in [1.807, 2.05) is 0 Å². The van der Waals surface area contributed by atoms with Crippen LogP contribution in [0.2, 0.25) is 0 Å². The Labute approximate surface area is 122 Å². The van der Waals surface area contributed by atoms with Gasteiger partial charge in [-0.25, -0.2) is 0 Å². The van der Waals surface area contributed by atoms with E-state index >= 15 is 0 Å². The Morgan fingerprint density at radius 3 is 2.55 bits per heavy atom. The van der Waals surface area contributed by atoms with Crippen LogP contribution >= 0.6 is 0 Å². The molecule has 0 bridgehead atoms. The highest BCUT2D eigenvalue weighted by molar-refractivity contribution is 5.23. The summed E-state index contributed by atoms with van der Waals surface area (Å²) in [5.74, 6) is 0. The van der Waals surface area contributed by atoms with E-state index in [4.69, 9.17) is 9.47 Å². The highest BCUT2D eigenvalue weighted by Crippen LogP contribution is 2.23. The Kier molecular flexibility index (Phi) is 5.19. The van der Waals surface area contributed by atoms with E-state index in [0.717, 1.165) is 26.2 Å². The maximum Gasteiger partial charge on any atom is 0.0954 e. The lowest BCUT2D eigenvalue weighted by Crippen LogP contribution is -2.39. The molecule has 1 fully saturated rings. The van der Waals surface area contributed by atoms with E-state index in [1.165, 1.54) is 11.1 Å². The molecule has 1 aliphatic rings. The van der Waals surface area contributed by atoms with Crippen LogP contribution in [-0.2, 0) is 9.47 Å². The fourth-order valence-electron chi connectivity index (χ4n) is 2.28. The molecule has 20 heavy (non-hydrogen) atoms. The van der Waals surface area contributed by atoms with Crippen molar-refractivity contribution in [2.75, 3.05) is 19.8 Å². The van der Waals surface area contributed by atoms with Gasteiger partial charge in [-0.2, -0.15) is 0 Å². The Balaban J connectivity index is 2.03. The quantitative estimate of drug-likeness (QED) is 0.896. The molecule has 2 rings (SSSR count). The van der Waals surface area contributed by atoms with Gasteiger partial charge in [0.15, 0.2) is 0 Å². The summed E-state index contributed by atoms with van der Waals surface area (Å²) in [5, 5.41) is 3.54. The number of hydrogen-bond acceptors (Lipinski definition) is 3. The average Bonchev–Trinajstić information content (AvgIpc) is 2.87. The van der Waals surface area contributed by atoms with E-state index in [1.54, 1.807) is 0 Å². The molecular weight excluding hydrogens is 250 g/mol. The van der Waals surface area contributed by atoms with E-state index in [2.05, 4.69) is 57.3 Å². The molecule has 0 saturated carbocycles. The van der Waals surface area contributed by atoms with Gasteiger partial charge in [0.25, 0.3) is 0 Å². The van der Waals surface area contributed by atoms with Crippen molar-refractivity contribution >= 4 is 0 Å². The molecule has 0 spiro atoms. The van der Waals surface area contributed by atoms with Gasteiger partial charge in [0.2, 0.25) is 0 Å². The lowest BCUT2D eigenvalue weighted by molar-refractivity contribution is -0.0188. The molecule has 3 nitrogen and oxygen atoms in total. The standard InChI is InChI=1S/C17H27NO2/c1-13-5-7-14(8-6-13)16(11-18-17(2,3)4)20-15-9-10-19-12-15/h5-8,15-16,18H,9-12H2,1-4H3. The van der Waals surface area contributed by atoms with Gasteiger partial charge in [0.1, 0.15) is 0 Å². The van der Waals surface area contributed by atoms with Crippen molar-refractivity contribution < 1.29 is 9.47 Å². The zero-order chi connectivity index (χ0) is 14.6. The molecule has 1 aromatic rings. The highest BCUT2D eigenvalue weighted by Gasteiger charge is 2.23. The molecule has 112 valence electrons. The van der Waals surface area contributed by atoms with Gasteiger partial charge in [-0.05, 0) is 39.7 Å². The Bertz CT molecular complexity index is 402. The fraction of sp³-hybridized carbons (Fsp3) is 0.647. The summed E-state index contributed by atoms with van der Waals surface area (Å²) >= 11 is 0. The van der Waals surface area contributed by atoms with Crippen molar-refractivity contribution in [3.05, 3.63) is 35.4 Å². The largest absolute Gasteiger partial charge is 0.379 e. The minimum Gasteiger partial charge on any atom is -0.379 e. The van der Waals surface area contributed by atoms with Crippen molar-refractivity contribution in [1.29, 1.82) is 0 Å². The first-order valence-electron chi connectivity index (χ1n) is 7.49. The van der Waals surface area contributed by atoms with Crippen LogP contribution in [0, 0.1) is 6.92 Å². The van der Waals surface area contributed by atoms with Crippen LogP contribution < -0.4 is 5.32 Å². The Morgan fingerprint density at radius 2 is 2.00 bits per heavy atom. The summed E-state index contributed by atoms with van der Waals surface area (Å²) in [5.41, 5.74) is 2.61. The van der Waals surface area contributed by atoms with Crippen molar-refractivity contribution in [3.63, 3.8) is 0 Å². The van der Waals surface area contributed by atoms with Crippen molar-refractivity contribution in [3.8, 4) is 0 Å². The molecule has 2 unspecified atom stereocenters. The molecule has 0 amide bonds. The van der Waals surface area contributed by atoms with E-state index in [0.29, 0.717) is 0 Å². The van der Waals surface area contributed by atoms with Gasteiger partial charge >= 0.3 is 0 Å². The number of benzene rings is 1. The zero-order valence-corrected chi connectivity index (χ0v) is 13.1. The SMILES string of the molecule is Cc1ccc(C(CNC(C)(C)C)OC2CCOC2)cc1. The fourth-order valence-corrected chi connectivity index (χ4v) is 2.28. The minimum atomic E-state index is 0.0847. The van der Waals surface area contributed by atoms with Crippen LogP contribution in [0.5, 0.6) is 0 Å². The maximum absolute atomic E-state index is 6.25. The summed E-state index contributed by atoms with van der Waals surface area (Å²) in [6, 6.07) is 8.63. The summed E-state index contributed by atoms with van der Waals surface area (Å²) in [6.45, 7) is 11.0. The first kappa shape index (κ1) is 15.5. The Hall–Kier alpha value is -0.900. The third kappa shape index (κ3) is 4.89. The van der Waals surface area contributed by atoms with Gasteiger partial charge in [0.05, 0.1) is 18.8 Å². The van der Waals surface area contributed by atoms with E-state index in [-0.39, 0.29) is 17.7 Å². The molecule has 0 radical (unpaired) electrons. The van der Waals surface area contributed by atoms with Gasteiger partial charge in [-0.15, -0.1) is 0 Å². The Morgan fingerprint density at radius 1 is 1.30 bits per heavy atom. The first-order chi connectivity index (χ1) is 9.44. The number of aryl methyl sites for hydroxylation is 1. The predicted octanol–water partition coefficient (Wildman–Crippen LogP) is 3.23. The highest BCUT2D eigenvalue weighted by atomic mass is 16.6. The molecule has 3 heteroatoms. The predicted molar refractivity (Wildman–Crippen MR) is 82.0 cm³/mol. The number of rotatable bonds is 5. The first-order valence-corrected chi connectivity index (χ1v) is 7.49. The van der Waals surface area contributed by atoms with Crippen LogP contribution in [0.4, 0.5) is 0 Å². The van der Waals surface area contributed by atoms with Crippen molar-refractivity contribution in [1.82, 2.24) is 5.32 Å². The molecule has 0 aromatic heterocycles. The van der Waals surface area contributed by atoms with Crippen LogP contribution in [0.3, 0.4) is 0 Å².